The molecule has 1 saturated heterocycles. The molecule has 1 aromatic carbocycles. The molecule has 0 unspecified atom stereocenters. The second kappa shape index (κ2) is 9.54. The van der Waals surface area contributed by atoms with Gasteiger partial charge in [-0.2, -0.15) is 0 Å². The Hall–Kier alpha value is -1.12. The molecular weight excluding hydrogens is 308 g/mol. The van der Waals surface area contributed by atoms with Crippen molar-refractivity contribution in [3.05, 3.63) is 47.5 Å². The predicted molar refractivity (Wildman–Crippen MR) is 103 cm³/mol. The molecule has 2 aliphatic rings. The minimum absolute atomic E-state index is 0.173. The summed E-state index contributed by atoms with van der Waals surface area (Å²) < 4.78 is 12.2. The molecule has 2 heteroatoms. The summed E-state index contributed by atoms with van der Waals surface area (Å²) in [6.07, 6.45) is 13.2. The van der Waals surface area contributed by atoms with Crippen LogP contribution in [0, 0.1) is 17.8 Å². The van der Waals surface area contributed by atoms with Crippen molar-refractivity contribution in [2.24, 2.45) is 17.8 Å². The van der Waals surface area contributed by atoms with Crippen molar-refractivity contribution in [1.82, 2.24) is 0 Å². The van der Waals surface area contributed by atoms with Crippen LogP contribution in [0.15, 0.2) is 36.4 Å². The molecule has 0 aromatic heterocycles. The fourth-order valence-electron chi connectivity index (χ4n) is 4.31. The van der Waals surface area contributed by atoms with E-state index in [1.807, 2.05) is 0 Å². The molecule has 1 aliphatic carbocycles. The molecule has 3 rings (SSSR count). The first kappa shape index (κ1) is 18.7. The van der Waals surface area contributed by atoms with E-state index in [9.17, 15) is 0 Å². The molecule has 1 aliphatic heterocycles. The van der Waals surface area contributed by atoms with Gasteiger partial charge in [0.15, 0.2) is 6.29 Å². The Balaban J connectivity index is 1.45. The summed E-state index contributed by atoms with van der Waals surface area (Å²) in [6.45, 7) is 6.11. The summed E-state index contributed by atoms with van der Waals surface area (Å²) in [5.74, 6) is 2.35. The van der Waals surface area contributed by atoms with Crippen LogP contribution in [0.5, 0.6) is 0 Å². The zero-order valence-corrected chi connectivity index (χ0v) is 16.0. The third kappa shape index (κ3) is 5.18. The van der Waals surface area contributed by atoms with Crippen LogP contribution in [0.25, 0.3) is 0 Å². The van der Waals surface area contributed by atoms with E-state index in [4.69, 9.17) is 9.47 Å². The molecule has 1 aromatic rings. The van der Waals surface area contributed by atoms with Crippen molar-refractivity contribution < 1.29 is 9.47 Å². The Morgan fingerprint density at radius 1 is 0.960 bits per heavy atom. The van der Waals surface area contributed by atoms with Gasteiger partial charge in [0, 0.05) is 11.5 Å². The number of ether oxygens (including phenoxy) is 2. The average molecular weight is 343 g/mol. The average Bonchev–Trinajstić information content (AvgIpc) is 2.69. The smallest absolute Gasteiger partial charge is 0.183 e. The van der Waals surface area contributed by atoms with E-state index in [0.29, 0.717) is 5.92 Å². The van der Waals surface area contributed by atoms with Crippen molar-refractivity contribution >= 4 is 0 Å². The van der Waals surface area contributed by atoms with Gasteiger partial charge in [-0.3, -0.25) is 0 Å². The SMILES string of the molecule is CC=CCCc1ccc(C2OCC(C3CCC(CC)CC3)CO2)cc1. The molecule has 1 saturated carbocycles. The predicted octanol–water partition coefficient (Wildman–Crippen LogP) is 6.07. The first-order chi connectivity index (χ1) is 12.3. The number of benzene rings is 1. The van der Waals surface area contributed by atoms with Gasteiger partial charge in [0.25, 0.3) is 0 Å². The van der Waals surface area contributed by atoms with E-state index >= 15 is 0 Å². The van der Waals surface area contributed by atoms with Crippen molar-refractivity contribution in [3.63, 3.8) is 0 Å². The zero-order chi connectivity index (χ0) is 17.5. The number of allylic oxidation sites excluding steroid dienone is 2. The number of rotatable bonds is 6. The van der Waals surface area contributed by atoms with Gasteiger partial charge >= 0.3 is 0 Å². The summed E-state index contributed by atoms with van der Waals surface area (Å²) in [4.78, 5) is 0. The second-order valence-electron chi connectivity index (χ2n) is 7.80. The third-order valence-electron chi connectivity index (χ3n) is 6.15. The van der Waals surface area contributed by atoms with Crippen LogP contribution in [0.1, 0.15) is 69.8 Å². The molecule has 0 radical (unpaired) electrons. The molecule has 25 heavy (non-hydrogen) atoms. The Labute approximate surface area is 153 Å². The summed E-state index contributed by atoms with van der Waals surface area (Å²) in [7, 11) is 0. The monoisotopic (exact) mass is 342 g/mol. The lowest BCUT2D eigenvalue weighted by molar-refractivity contribution is -0.214. The lowest BCUT2D eigenvalue weighted by atomic mass is 9.75. The number of hydrogen-bond acceptors (Lipinski definition) is 2. The van der Waals surface area contributed by atoms with Crippen molar-refractivity contribution in [2.45, 2.75) is 65.1 Å². The highest BCUT2D eigenvalue weighted by Gasteiger charge is 2.31. The van der Waals surface area contributed by atoms with Gasteiger partial charge in [0.2, 0.25) is 0 Å². The van der Waals surface area contributed by atoms with Crippen molar-refractivity contribution in [2.75, 3.05) is 13.2 Å². The lowest BCUT2D eigenvalue weighted by Gasteiger charge is -2.37. The third-order valence-corrected chi connectivity index (χ3v) is 6.15. The molecule has 2 fully saturated rings. The van der Waals surface area contributed by atoms with Crippen LogP contribution >= 0.6 is 0 Å². The van der Waals surface area contributed by atoms with Crippen LogP contribution in [0.3, 0.4) is 0 Å². The van der Waals surface area contributed by atoms with Gasteiger partial charge in [-0.25, -0.2) is 0 Å². The highest BCUT2D eigenvalue weighted by Crippen LogP contribution is 2.38. The van der Waals surface area contributed by atoms with Crippen LogP contribution in [0.4, 0.5) is 0 Å². The summed E-state index contributed by atoms with van der Waals surface area (Å²) in [5, 5.41) is 0. The van der Waals surface area contributed by atoms with Crippen LogP contribution in [-0.4, -0.2) is 13.2 Å². The lowest BCUT2D eigenvalue weighted by Crippen LogP contribution is -2.34. The van der Waals surface area contributed by atoms with Crippen molar-refractivity contribution in [3.8, 4) is 0 Å². The molecule has 0 atom stereocenters. The number of hydrogen-bond donors (Lipinski definition) is 0. The van der Waals surface area contributed by atoms with Gasteiger partial charge in [-0.1, -0.05) is 62.6 Å². The quantitative estimate of drug-likeness (QED) is 0.584. The van der Waals surface area contributed by atoms with Crippen LogP contribution < -0.4 is 0 Å². The van der Waals surface area contributed by atoms with E-state index in [0.717, 1.165) is 43.5 Å². The molecular formula is C23H34O2. The standard InChI is InChI=1S/C23H34O2/c1-3-5-6-7-19-10-14-21(15-11-19)23-24-16-22(17-25-23)20-12-8-18(4-2)9-13-20/h3,5,10-11,14-15,18,20,22-23H,4,6-9,12-13,16-17H2,1-2H3. The molecule has 0 bridgehead atoms. The van der Waals surface area contributed by atoms with E-state index in [1.165, 1.54) is 37.7 Å². The van der Waals surface area contributed by atoms with Gasteiger partial charge in [0.1, 0.15) is 0 Å². The molecule has 0 N–H and O–H groups in total. The molecule has 0 spiro atoms. The van der Waals surface area contributed by atoms with E-state index in [-0.39, 0.29) is 6.29 Å². The highest BCUT2D eigenvalue weighted by molar-refractivity contribution is 5.24. The Morgan fingerprint density at radius 3 is 2.24 bits per heavy atom. The summed E-state index contributed by atoms with van der Waals surface area (Å²) in [6, 6.07) is 8.76. The second-order valence-corrected chi connectivity index (χ2v) is 7.80. The Kier molecular flexibility index (Phi) is 7.12. The number of aryl methyl sites for hydroxylation is 1. The minimum Gasteiger partial charge on any atom is -0.348 e. The minimum atomic E-state index is -0.173. The first-order valence-electron chi connectivity index (χ1n) is 10.2. The maximum absolute atomic E-state index is 6.09. The van der Waals surface area contributed by atoms with Gasteiger partial charge in [0.05, 0.1) is 13.2 Å². The van der Waals surface area contributed by atoms with E-state index < -0.39 is 0 Å². The van der Waals surface area contributed by atoms with Gasteiger partial charge in [-0.15, -0.1) is 0 Å². The Morgan fingerprint density at radius 2 is 1.64 bits per heavy atom. The normalized spacial score (nSPS) is 30.6. The molecule has 0 amide bonds. The van der Waals surface area contributed by atoms with Crippen LogP contribution in [0.2, 0.25) is 0 Å². The largest absolute Gasteiger partial charge is 0.348 e. The fourth-order valence-corrected chi connectivity index (χ4v) is 4.31. The fraction of sp³-hybridized carbons (Fsp3) is 0.652. The van der Waals surface area contributed by atoms with Gasteiger partial charge < -0.3 is 9.47 Å². The summed E-state index contributed by atoms with van der Waals surface area (Å²) in [5.41, 5.74) is 2.53. The molecule has 138 valence electrons. The van der Waals surface area contributed by atoms with Gasteiger partial charge in [-0.05, 0) is 50.0 Å². The highest BCUT2D eigenvalue weighted by atomic mass is 16.7. The topological polar surface area (TPSA) is 18.5 Å². The molecule has 1 heterocycles. The first-order valence-corrected chi connectivity index (χ1v) is 10.2. The zero-order valence-electron chi connectivity index (χ0n) is 16.0. The van der Waals surface area contributed by atoms with E-state index in [1.54, 1.807) is 0 Å². The maximum atomic E-state index is 6.09. The van der Waals surface area contributed by atoms with Crippen LogP contribution in [-0.2, 0) is 15.9 Å². The van der Waals surface area contributed by atoms with Crippen molar-refractivity contribution in [1.29, 1.82) is 0 Å². The van der Waals surface area contributed by atoms with E-state index in [2.05, 4.69) is 50.3 Å². The Bertz CT molecular complexity index is 518. The molecule has 2 nitrogen and oxygen atoms in total. The summed E-state index contributed by atoms with van der Waals surface area (Å²) >= 11 is 0. The maximum Gasteiger partial charge on any atom is 0.183 e.